The van der Waals surface area contributed by atoms with Gasteiger partial charge in [0, 0.05) is 24.7 Å². The zero-order valence-corrected chi connectivity index (χ0v) is 16.7. The number of nitrogens with one attached hydrogen (secondary N) is 1. The Bertz CT molecular complexity index is 635. The molecule has 0 heterocycles. The van der Waals surface area contributed by atoms with Gasteiger partial charge in [0.15, 0.2) is 0 Å². The van der Waals surface area contributed by atoms with Crippen LogP contribution in [0.4, 0.5) is 0 Å². The van der Waals surface area contributed by atoms with Crippen LogP contribution >= 0.6 is 0 Å². The first kappa shape index (κ1) is 20.1. The summed E-state index contributed by atoms with van der Waals surface area (Å²) in [5, 5.41) is 12.8. The Morgan fingerprint density at radius 1 is 1.22 bits per heavy atom. The first-order chi connectivity index (χ1) is 13.1. The first-order valence-corrected chi connectivity index (χ1v) is 10.5. The number of carbonyl (C=O) groups is 1. The lowest BCUT2D eigenvalue weighted by Gasteiger charge is -2.35. The van der Waals surface area contributed by atoms with Gasteiger partial charge < -0.3 is 15.3 Å². The van der Waals surface area contributed by atoms with Crippen molar-refractivity contribution in [1.29, 1.82) is 0 Å². The Hall–Kier alpha value is -1.65. The van der Waals surface area contributed by atoms with Crippen LogP contribution in [0.2, 0.25) is 0 Å². The molecule has 2 aliphatic rings. The summed E-state index contributed by atoms with van der Waals surface area (Å²) in [6, 6.07) is 12.5. The van der Waals surface area contributed by atoms with Crippen molar-refractivity contribution >= 4 is 12.0 Å². The monoisotopic (exact) mass is 370 g/mol. The van der Waals surface area contributed by atoms with Gasteiger partial charge >= 0.3 is 5.97 Å². The van der Waals surface area contributed by atoms with Gasteiger partial charge in [-0.25, -0.2) is 0 Å². The van der Waals surface area contributed by atoms with Crippen molar-refractivity contribution in [2.24, 2.45) is 5.92 Å². The molecule has 0 unspecified atom stereocenters. The van der Waals surface area contributed by atoms with E-state index in [4.69, 9.17) is 5.11 Å². The highest BCUT2D eigenvalue weighted by Gasteiger charge is 2.40. The van der Waals surface area contributed by atoms with E-state index in [1.54, 1.807) is 5.57 Å². The second-order valence-electron chi connectivity index (χ2n) is 8.23. The van der Waals surface area contributed by atoms with Gasteiger partial charge in [-0.1, -0.05) is 48.9 Å². The quantitative estimate of drug-likeness (QED) is 0.685. The smallest absolute Gasteiger partial charge is 0.304 e. The van der Waals surface area contributed by atoms with E-state index in [2.05, 4.69) is 60.6 Å². The first-order valence-electron chi connectivity index (χ1n) is 10.5. The van der Waals surface area contributed by atoms with E-state index >= 15 is 0 Å². The largest absolute Gasteiger partial charge is 0.481 e. The second kappa shape index (κ2) is 9.52. The molecular weight excluding hydrogens is 336 g/mol. The van der Waals surface area contributed by atoms with Gasteiger partial charge in [-0.3, -0.25) is 4.79 Å². The lowest BCUT2D eigenvalue weighted by Crippen LogP contribution is -2.42. The number of rotatable bonds is 9. The number of carboxylic acid groups (broad SMARTS) is 1. The Balaban J connectivity index is 1.43. The van der Waals surface area contributed by atoms with Crippen LogP contribution in [0.1, 0.15) is 57.4 Å². The molecule has 0 spiro atoms. The maximum absolute atomic E-state index is 10.8. The summed E-state index contributed by atoms with van der Waals surface area (Å²) in [6.07, 6.45) is 9.76. The molecule has 2 N–H and O–H groups in total. The SMILES string of the molecule is CCC(=Cc1ccccc1)[C@@H]1C[C@H]1NC1CCC(N(C)CCC(=O)O)CC1. The fraction of sp³-hybridized carbons (Fsp3) is 0.609. The zero-order chi connectivity index (χ0) is 19.2. The molecule has 148 valence electrons. The fourth-order valence-corrected chi connectivity index (χ4v) is 4.46. The number of benzene rings is 1. The van der Waals surface area contributed by atoms with E-state index in [1.165, 1.54) is 37.7 Å². The molecule has 2 aliphatic carbocycles. The molecule has 0 bridgehead atoms. The molecule has 2 saturated carbocycles. The number of carboxylic acids is 1. The molecule has 4 heteroatoms. The minimum Gasteiger partial charge on any atom is -0.481 e. The van der Waals surface area contributed by atoms with Crippen LogP contribution in [0.5, 0.6) is 0 Å². The molecule has 0 aromatic heterocycles. The van der Waals surface area contributed by atoms with E-state index < -0.39 is 5.97 Å². The van der Waals surface area contributed by atoms with E-state index in [0.29, 0.717) is 30.6 Å². The zero-order valence-electron chi connectivity index (χ0n) is 16.7. The van der Waals surface area contributed by atoms with Gasteiger partial charge in [-0.05, 0) is 57.1 Å². The minimum absolute atomic E-state index is 0.242. The van der Waals surface area contributed by atoms with Crippen molar-refractivity contribution in [3.05, 3.63) is 41.5 Å². The van der Waals surface area contributed by atoms with Crippen molar-refractivity contribution in [2.75, 3.05) is 13.6 Å². The molecule has 0 aliphatic heterocycles. The highest BCUT2D eigenvalue weighted by molar-refractivity contribution is 5.66. The third kappa shape index (κ3) is 5.91. The molecule has 27 heavy (non-hydrogen) atoms. The summed E-state index contributed by atoms with van der Waals surface area (Å²) in [4.78, 5) is 13.0. The van der Waals surface area contributed by atoms with Crippen LogP contribution in [-0.4, -0.2) is 47.7 Å². The lowest BCUT2D eigenvalue weighted by atomic mass is 9.90. The van der Waals surface area contributed by atoms with Gasteiger partial charge in [-0.2, -0.15) is 0 Å². The topological polar surface area (TPSA) is 52.6 Å². The molecular formula is C23H34N2O2. The fourth-order valence-electron chi connectivity index (χ4n) is 4.46. The van der Waals surface area contributed by atoms with Crippen LogP contribution in [0.25, 0.3) is 6.08 Å². The third-order valence-electron chi connectivity index (χ3n) is 6.27. The van der Waals surface area contributed by atoms with Crippen molar-refractivity contribution in [1.82, 2.24) is 10.2 Å². The van der Waals surface area contributed by atoms with Gasteiger partial charge in [-0.15, -0.1) is 0 Å². The van der Waals surface area contributed by atoms with Gasteiger partial charge in [0.05, 0.1) is 6.42 Å². The van der Waals surface area contributed by atoms with Gasteiger partial charge in [0.25, 0.3) is 0 Å². The van der Waals surface area contributed by atoms with E-state index in [9.17, 15) is 4.79 Å². The van der Waals surface area contributed by atoms with E-state index in [-0.39, 0.29) is 6.42 Å². The average molecular weight is 371 g/mol. The number of nitrogens with zero attached hydrogens (tertiary/aromatic N) is 1. The Labute approximate surface area is 163 Å². The van der Waals surface area contributed by atoms with Crippen LogP contribution in [0, 0.1) is 5.92 Å². The Kier molecular flexibility index (Phi) is 7.08. The summed E-state index contributed by atoms with van der Waals surface area (Å²) in [5.41, 5.74) is 2.88. The maximum Gasteiger partial charge on any atom is 0.304 e. The lowest BCUT2D eigenvalue weighted by molar-refractivity contribution is -0.137. The normalized spacial score (nSPS) is 28.3. The number of hydrogen-bond donors (Lipinski definition) is 2. The van der Waals surface area contributed by atoms with Crippen LogP contribution in [-0.2, 0) is 4.79 Å². The third-order valence-corrected chi connectivity index (χ3v) is 6.27. The van der Waals surface area contributed by atoms with Gasteiger partial charge in [0.2, 0.25) is 0 Å². The van der Waals surface area contributed by atoms with E-state index in [1.807, 2.05) is 0 Å². The highest BCUT2D eigenvalue weighted by atomic mass is 16.4. The predicted octanol–water partition coefficient (Wildman–Crippen LogP) is 4.18. The predicted molar refractivity (Wildman–Crippen MR) is 111 cm³/mol. The maximum atomic E-state index is 10.8. The molecule has 2 atom stereocenters. The molecule has 0 saturated heterocycles. The molecule has 1 aromatic carbocycles. The molecule has 2 fully saturated rings. The molecule has 1 aromatic rings. The standard InChI is InChI=1S/C23H34N2O2/c1-3-18(15-17-7-5-4-6-8-17)21-16-22(21)24-19-9-11-20(12-10-19)25(2)14-13-23(26)27/h4-8,15,19-22,24H,3,9-14,16H2,1-2H3,(H,26,27)/t19?,20?,21-,22+/m0/s1. The van der Waals surface area contributed by atoms with Crippen LogP contribution in [0.15, 0.2) is 35.9 Å². The van der Waals surface area contributed by atoms with Crippen LogP contribution in [0.3, 0.4) is 0 Å². The minimum atomic E-state index is -0.702. The van der Waals surface area contributed by atoms with Crippen molar-refractivity contribution in [2.45, 2.75) is 70.0 Å². The highest BCUT2D eigenvalue weighted by Crippen LogP contribution is 2.40. The summed E-state index contributed by atoms with van der Waals surface area (Å²) in [6.45, 7) is 2.93. The Morgan fingerprint density at radius 2 is 1.93 bits per heavy atom. The number of hydrogen-bond acceptors (Lipinski definition) is 3. The Morgan fingerprint density at radius 3 is 2.56 bits per heavy atom. The molecule has 4 nitrogen and oxygen atoms in total. The van der Waals surface area contributed by atoms with Crippen molar-refractivity contribution in [3.63, 3.8) is 0 Å². The number of aliphatic carboxylic acids is 1. The molecule has 3 rings (SSSR count). The second-order valence-corrected chi connectivity index (χ2v) is 8.23. The molecule has 0 amide bonds. The summed E-state index contributed by atoms with van der Waals surface area (Å²) in [7, 11) is 2.07. The summed E-state index contributed by atoms with van der Waals surface area (Å²) < 4.78 is 0. The van der Waals surface area contributed by atoms with Gasteiger partial charge in [0.1, 0.15) is 0 Å². The van der Waals surface area contributed by atoms with Crippen LogP contribution < -0.4 is 5.32 Å². The summed E-state index contributed by atoms with van der Waals surface area (Å²) >= 11 is 0. The summed E-state index contributed by atoms with van der Waals surface area (Å²) in [5.74, 6) is -0.00145. The van der Waals surface area contributed by atoms with Crippen molar-refractivity contribution in [3.8, 4) is 0 Å². The van der Waals surface area contributed by atoms with Crippen molar-refractivity contribution < 1.29 is 9.90 Å². The molecule has 0 radical (unpaired) electrons. The average Bonchev–Trinajstić information content (AvgIpc) is 3.44. The van der Waals surface area contributed by atoms with E-state index in [0.717, 1.165) is 6.42 Å².